The van der Waals surface area contributed by atoms with Crippen molar-refractivity contribution in [2.45, 2.75) is 24.9 Å². The van der Waals surface area contributed by atoms with Gasteiger partial charge in [-0.2, -0.15) is 0 Å². The van der Waals surface area contributed by atoms with Gasteiger partial charge in [0.15, 0.2) is 0 Å². The smallest absolute Gasteiger partial charge is 0.261 e. The highest BCUT2D eigenvalue weighted by Crippen LogP contribution is 2.39. The average molecular weight is 386 g/mol. The zero-order chi connectivity index (χ0) is 19.0. The van der Waals surface area contributed by atoms with Gasteiger partial charge < -0.3 is 19.7 Å². The van der Waals surface area contributed by atoms with Crippen molar-refractivity contribution in [1.29, 1.82) is 0 Å². The number of carbonyl (C=O) groups excluding carboxylic acids is 2. The molecule has 2 aliphatic rings. The van der Waals surface area contributed by atoms with E-state index in [0.29, 0.717) is 29.5 Å². The number of carbonyl (C=O) groups is 2. The van der Waals surface area contributed by atoms with Crippen molar-refractivity contribution in [3.63, 3.8) is 0 Å². The second kappa shape index (κ2) is 7.23. The summed E-state index contributed by atoms with van der Waals surface area (Å²) >= 11 is 1.44. The Morgan fingerprint density at radius 3 is 2.44 bits per heavy atom. The molecule has 7 heteroatoms. The first-order chi connectivity index (χ1) is 13.1. The standard InChI is InChI=1S/C20H22N2O4S/c1-25-15-7-12(8-16(10-15)26-2)20(24)22-11-13-6-14(22)9-17(13)21-19(23)18-4-3-5-27-18/h3-5,7-8,10,13-14,17H,6,9,11H2,1-2H3,(H,21,23)/t13-,14-,17-/m0/s1. The Hall–Kier alpha value is -2.54. The summed E-state index contributed by atoms with van der Waals surface area (Å²) in [5, 5.41) is 5.04. The van der Waals surface area contributed by atoms with Gasteiger partial charge in [0.25, 0.3) is 11.8 Å². The van der Waals surface area contributed by atoms with Gasteiger partial charge in [0.05, 0.1) is 19.1 Å². The van der Waals surface area contributed by atoms with Crippen LogP contribution in [0.2, 0.25) is 0 Å². The zero-order valence-electron chi connectivity index (χ0n) is 15.3. The average Bonchev–Trinajstić information content (AvgIpc) is 3.43. The molecule has 3 atom stereocenters. The van der Waals surface area contributed by atoms with E-state index in [-0.39, 0.29) is 23.9 Å². The molecule has 1 aliphatic carbocycles. The maximum Gasteiger partial charge on any atom is 0.261 e. The van der Waals surface area contributed by atoms with Crippen molar-refractivity contribution in [2.24, 2.45) is 5.92 Å². The summed E-state index contributed by atoms with van der Waals surface area (Å²) in [6.07, 6.45) is 1.73. The molecule has 2 heterocycles. The normalized spacial score (nSPS) is 23.3. The predicted octanol–water partition coefficient (Wildman–Crippen LogP) is 2.80. The molecule has 1 aromatic heterocycles. The van der Waals surface area contributed by atoms with Gasteiger partial charge in [-0.1, -0.05) is 6.07 Å². The molecule has 1 aliphatic heterocycles. The first-order valence-corrected chi connectivity index (χ1v) is 9.85. The molecule has 1 aromatic carbocycles. The van der Waals surface area contributed by atoms with Crippen molar-refractivity contribution in [3.8, 4) is 11.5 Å². The van der Waals surface area contributed by atoms with Crippen molar-refractivity contribution in [2.75, 3.05) is 20.8 Å². The van der Waals surface area contributed by atoms with E-state index in [1.165, 1.54) is 11.3 Å². The number of methoxy groups -OCH3 is 2. The highest BCUT2D eigenvalue weighted by molar-refractivity contribution is 7.12. The lowest BCUT2D eigenvalue weighted by Gasteiger charge is -2.32. The molecule has 0 radical (unpaired) electrons. The van der Waals surface area contributed by atoms with Gasteiger partial charge in [0, 0.05) is 30.3 Å². The third-order valence-electron chi connectivity index (χ3n) is 5.46. The van der Waals surface area contributed by atoms with Gasteiger partial charge in [-0.15, -0.1) is 11.3 Å². The number of rotatable bonds is 5. The van der Waals surface area contributed by atoms with Crippen LogP contribution in [0.15, 0.2) is 35.7 Å². The summed E-state index contributed by atoms with van der Waals surface area (Å²) in [6.45, 7) is 0.665. The lowest BCUT2D eigenvalue weighted by Crippen LogP contribution is -2.47. The second-order valence-corrected chi connectivity index (χ2v) is 7.95. The quantitative estimate of drug-likeness (QED) is 0.858. The maximum absolute atomic E-state index is 13.0. The van der Waals surface area contributed by atoms with Crippen LogP contribution in [-0.4, -0.2) is 49.6 Å². The van der Waals surface area contributed by atoms with E-state index in [0.717, 1.165) is 17.7 Å². The Morgan fingerprint density at radius 1 is 1.15 bits per heavy atom. The fraction of sp³-hybridized carbons (Fsp3) is 0.400. The SMILES string of the molecule is COc1cc(OC)cc(C(=O)N2C[C@@H]3C[C@H]2C[C@@H]3NC(=O)c2cccs2)c1. The Bertz CT molecular complexity index is 829. The van der Waals surface area contributed by atoms with Gasteiger partial charge in [-0.25, -0.2) is 0 Å². The molecule has 6 nitrogen and oxygen atoms in total. The van der Waals surface area contributed by atoms with Gasteiger partial charge in [0.1, 0.15) is 11.5 Å². The van der Waals surface area contributed by atoms with Gasteiger partial charge >= 0.3 is 0 Å². The number of amides is 2. The number of nitrogens with zero attached hydrogens (tertiary/aromatic N) is 1. The summed E-state index contributed by atoms with van der Waals surface area (Å²) in [4.78, 5) is 28.0. The molecule has 1 saturated carbocycles. The van der Waals surface area contributed by atoms with Crippen molar-refractivity contribution in [1.82, 2.24) is 10.2 Å². The minimum atomic E-state index is -0.0158. The van der Waals surface area contributed by atoms with E-state index in [9.17, 15) is 9.59 Å². The van der Waals surface area contributed by atoms with Crippen LogP contribution >= 0.6 is 11.3 Å². The summed E-state index contributed by atoms with van der Waals surface area (Å²) in [5.41, 5.74) is 0.568. The van der Waals surface area contributed by atoms with Crippen LogP contribution in [0.3, 0.4) is 0 Å². The van der Waals surface area contributed by atoms with Crippen molar-refractivity contribution < 1.29 is 19.1 Å². The largest absolute Gasteiger partial charge is 0.497 e. The first kappa shape index (κ1) is 17.9. The molecule has 2 fully saturated rings. The number of fused-ring (bicyclic) bond motifs is 2. The Balaban J connectivity index is 1.43. The number of thiophene rings is 1. The monoisotopic (exact) mass is 386 g/mol. The number of nitrogens with one attached hydrogen (secondary N) is 1. The molecule has 0 spiro atoms. The van der Waals surface area contributed by atoms with E-state index in [1.54, 1.807) is 32.4 Å². The van der Waals surface area contributed by atoms with Gasteiger partial charge in [-0.3, -0.25) is 9.59 Å². The fourth-order valence-corrected chi connectivity index (χ4v) is 4.75. The van der Waals surface area contributed by atoms with Crippen LogP contribution in [0, 0.1) is 5.92 Å². The minimum Gasteiger partial charge on any atom is -0.497 e. The van der Waals surface area contributed by atoms with Crippen LogP contribution in [-0.2, 0) is 0 Å². The van der Waals surface area contributed by atoms with Gasteiger partial charge in [0.2, 0.25) is 0 Å². The number of ether oxygens (including phenoxy) is 2. The number of piperidine rings is 1. The Labute approximate surface area is 162 Å². The number of likely N-dealkylation sites (tertiary alicyclic amines) is 1. The number of hydrogen-bond donors (Lipinski definition) is 1. The topological polar surface area (TPSA) is 67.9 Å². The molecule has 1 N–H and O–H groups in total. The number of hydrogen-bond acceptors (Lipinski definition) is 5. The van der Waals surface area contributed by atoms with Crippen molar-refractivity contribution in [3.05, 3.63) is 46.2 Å². The van der Waals surface area contributed by atoms with E-state index in [2.05, 4.69) is 5.32 Å². The highest BCUT2D eigenvalue weighted by atomic mass is 32.1. The van der Waals surface area contributed by atoms with Gasteiger partial charge in [-0.05, 0) is 42.3 Å². The number of benzene rings is 1. The molecule has 142 valence electrons. The Kier molecular flexibility index (Phi) is 4.78. The summed E-state index contributed by atoms with van der Waals surface area (Å²) in [7, 11) is 3.14. The molecule has 2 aromatic rings. The lowest BCUT2D eigenvalue weighted by molar-refractivity contribution is 0.0679. The molecular weight excluding hydrogens is 364 g/mol. The zero-order valence-corrected chi connectivity index (χ0v) is 16.1. The third-order valence-corrected chi connectivity index (χ3v) is 6.33. The van der Waals surface area contributed by atoms with Crippen LogP contribution in [0.5, 0.6) is 11.5 Å². The van der Waals surface area contributed by atoms with E-state index in [4.69, 9.17) is 9.47 Å². The highest BCUT2D eigenvalue weighted by Gasteiger charge is 2.47. The minimum absolute atomic E-state index is 0.0114. The predicted molar refractivity (Wildman–Crippen MR) is 103 cm³/mol. The molecule has 2 amide bonds. The molecule has 0 unspecified atom stereocenters. The summed E-state index contributed by atoms with van der Waals surface area (Å²) < 4.78 is 10.5. The summed E-state index contributed by atoms with van der Waals surface area (Å²) in [5.74, 6) is 1.47. The van der Waals surface area contributed by atoms with E-state index in [1.807, 2.05) is 22.4 Å². The van der Waals surface area contributed by atoms with Crippen LogP contribution in [0.25, 0.3) is 0 Å². The molecule has 27 heavy (non-hydrogen) atoms. The second-order valence-electron chi connectivity index (χ2n) is 7.00. The lowest BCUT2D eigenvalue weighted by atomic mass is 10.0. The molecule has 1 saturated heterocycles. The molecule has 4 rings (SSSR count). The summed E-state index contributed by atoms with van der Waals surface area (Å²) in [6, 6.07) is 9.24. The molecule has 2 bridgehead atoms. The van der Waals surface area contributed by atoms with Crippen LogP contribution < -0.4 is 14.8 Å². The maximum atomic E-state index is 13.0. The Morgan fingerprint density at radius 2 is 1.89 bits per heavy atom. The first-order valence-electron chi connectivity index (χ1n) is 8.97. The van der Waals surface area contributed by atoms with Crippen LogP contribution in [0.4, 0.5) is 0 Å². The van der Waals surface area contributed by atoms with Crippen molar-refractivity contribution >= 4 is 23.2 Å². The fourth-order valence-electron chi connectivity index (χ4n) is 4.12. The van der Waals surface area contributed by atoms with Crippen LogP contribution in [0.1, 0.15) is 32.9 Å². The third kappa shape index (κ3) is 3.39. The van der Waals surface area contributed by atoms with E-state index < -0.39 is 0 Å². The molecular formula is C20H22N2O4S. The van der Waals surface area contributed by atoms with E-state index >= 15 is 0 Å².